The SMILES string of the molecule is C=C(C)[C@@H]1CC[C@@]2(COC(=O)CCC[N+]34CCN(CC3)CC4)CC[C@]3(C)C(CCC4[C@@]5(C)CC[C@H](OC(=O)CCC[N+]67CCN(CC6)CC7)C(C)(C)C5CC[C@]43C)C12.[Br-].[Br-]. The molecule has 6 heterocycles. The number of nitrogens with zero attached hydrogens (tertiary/aromatic N) is 4. The van der Waals surface area contributed by atoms with Crippen LogP contribution in [0.1, 0.15) is 131 Å². The molecule has 0 radical (unpaired) electrons. The topological polar surface area (TPSA) is 59.1 Å². The van der Waals surface area contributed by atoms with Gasteiger partial charge in [-0.15, -0.1) is 0 Å². The van der Waals surface area contributed by atoms with Gasteiger partial charge in [0.25, 0.3) is 0 Å². The summed E-state index contributed by atoms with van der Waals surface area (Å²) < 4.78 is 15.4. The molecule has 5 saturated carbocycles. The van der Waals surface area contributed by atoms with E-state index in [-0.39, 0.29) is 79.1 Å². The summed E-state index contributed by atoms with van der Waals surface area (Å²) in [5, 5.41) is 0. The molecule has 5 aliphatic carbocycles. The Kier molecular flexibility index (Phi) is 13.7. The Morgan fingerprint density at radius 2 is 1.22 bits per heavy atom. The summed E-state index contributed by atoms with van der Waals surface area (Å²) in [5.74, 6) is 3.06. The highest BCUT2D eigenvalue weighted by atomic mass is 79.9. The first kappa shape index (κ1) is 47.4. The van der Waals surface area contributed by atoms with Crippen molar-refractivity contribution in [2.45, 2.75) is 138 Å². The van der Waals surface area contributed by atoms with Crippen molar-refractivity contribution < 1.29 is 62.0 Å². The number of esters is 2. The van der Waals surface area contributed by atoms with Crippen molar-refractivity contribution in [3.05, 3.63) is 12.2 Å². The Bertz CT molecular complexity index is 1570. The van der Waals surface area contributed by atoms with E-state index in [2.05, 4.69) is 57.9 Å². The van der Waals surface area contributed by atoms with Gasteiger partial charge in [-0.1, -0.05) is 46.8 Å². The van der Waals surface area contributed by atoms with Crippen molar-refractivity contribution in [1.29, 1.82) is 0 Å². The van der Waals surface area contributed by atoms with Gasteiger partial charge in [-0.2, -0.15) is 0 Å². The first-order chi connectivity index (χ1) is 27.6. The average molecular weight is 965 g/mol. The van der Waals surface area contributed by atoms with E-state index in [4.69, 9.17) is 9.47 Å². The normalized spacial score (nSPS) is 47.0. The lowest BCUT2D eigenvalue weighted by Crippen LogP contribution is -3.00. The molecule has 60 heavy (non-hydrogen) atoms. The van der Waals surface area contributed by atoms with Crippen molar-refractivity contribution in [2.75, 3.05) is 98.2 Å². The van der Waals surface area contributed by atoms with Crippen molar-refractivity contribution >= 4 is 11.9 Å². The molecule has 6 aliphatic heterocycles. The zero-order chi connectivity index (χ0) is 40.8. The van der Waals surface area contributed by atoms with Gasteiger partial charge in [-0.25, -0.2) is 0 Å². The summed E-state index contributed by atoms with van der Waals surface area (Å²) in [6.07, 6.45) is 15.2. The fourth-order valence-corrected chi connectivity index (χ4v) is 17.5. The molecule has 0 aromatic carbocycles. The molecule has 0 aromatic heterocycles. The number of rotatable bonds is 12. The number of halogens is 2. The third-order valence-electron chi connectivity index (χ3n) is 21.3. The minimum atomic E-state index is -0.0263. The van der Waals surface area contributed by atoms with Crippen LogP contribution in [0.15, 0.2) is 12.2 Å². The fourth-order valence-electron chi connectivity index (χ4n) is 17.5. The van der Waals surface area contributed by atoms with Crippen LogP contribution in [0.25, 0.3) is 0 Å². The van der Waals surface area contributed by atoms with Gasteiger partial charge in [-0.3, -0.25) is 19.4 Å². The predicted octanol–water partition coefficient (Wildman–Crippen LogP) is 1.96. The van der Waals surface area contributed by atoms with E-state index in [0.717, 1.165) is 32.4 Å². The van der Waals surface area contributed by atoms with Gasteiger partial charge in [0.1, 0.15) is 6.10 Å². The Balaban J connectivity index is 0.00000272. The molecule has 342 valence electrons. The second-order valence-corrected chi connectivity index (χ2v) is 23.9. The standard InChI is InChI=1S/C50H84N4O4.2BrH/c1-37(2)38-14-19-50(36-57-43(55)10-8-28-53-30-22-51(23-31-53)24-32-53)21-20-48(6)39(45(38)50)12-13-41-47(5)17-16-42(46(3,4)40(47)15-18-49(41,48)7)58-44(56)11-9-29-54-33-25-52(26-34-54)27-35-54;;/h38-42,45H,1,8-36H2,2-7H3;2*1H/q+2;;/p-2/t38-,39?,40?,41?,42-,45?,47-,48+,49+,50-;;/m0../s1. The monoisotopic (exact) mass is 962 g/mol. The highest BCUT2D eigenvalue weighted by Crippen LogP contribution is 2.77. The highest BCUT2D eigenvalue weighted by molar-refractivity contribution is 5.69. The largest absolute Gasteiger partial charge is 1.00 e. The predicted molar refractivity (Wildman–Crippen MR) is 231 cm³/mol. The van der Waals surface area contributed by atoms with Crippen LogP contribution in [0.5, 0.6) is 0 Å². The van der Waals surface area contributed by atoms with Crippen LogP contribution in [0, 0.1) is 56.7 Å². The van der Waals surface area contributed by atoms with E-state index in [9.17, 15) is 9.59 Å². The Labute approximate surface area is 386 Å². The molecule has 0 aromatic rings. The number of ether oxygens (including phenoxy) is 2. The second kappa shape index (κ2) is 17.4. The van der Waals surface area contributed by atoms with E-state index in [1.165, 1.54) is 151 Å². The Morgan fingerprint density at radius 3 is 1.78 bits per heavy atom. The van der Waals surface area contributed by atoms with Crippen molar-refractivity contribution in [1.82, 2.24) is 9.80 Å². The van der Waals surface area contributed by atoms with E-state index in [1.807, 2.05) is 0 Å². The molecule has 10 atom stereocenters. The molecule has 4 bridgehead atoms. The van der Waals surface area contributed by atoms with E-state index in [1.54, 1.807) is 0 Å². The lowest BCUT2D eigenvalue weighted by Gasteiger charge is -2.73. The molecule has 8 nitrogen and oxygen atoms in total. The summed E-state index contributed by atoms with van der Waals surface area (Å²) in [6, 6.07) is 0. The van der Waals surface area contributed by atoms with Crippen LogP contribution in [0.2, 0.25) is 0 Å². The maximum Gasteiger partial charge on any atom is 0.306 e. The molecule has 10 heteroatoms. The average Bonchev–Trinajstić information content (AvgIpc) is 3.60. The fraction of sp³-hybridized carbons (Fsp3) is 0.920. The van der Waals surface area contributed by atoms with Gasteiger partial charge in [0, 0.05) is 62.9 Å². The maximum atomic E-state index is 13.5. The first-order valence-electron chi connectivity index (χ1n) is 24.7. The number of quaternary nitrogens is 2. The lowest BCUT2D eigenvalue weighted by atomic mass is 9.32. The Morgan fingerprint density at radius 1 is 0.650 bits per heavy atom. The minimum Gasteiger partial charge on any atom is -1.00 e. The molecular weight excluding hydrogens is 880 g/mol. The van der Waals surface area contributed by atoms with Gasteiger partial charge >= 0.3 is 11.9 Å². The highest BCUT2D eigenvalue weighted by Gasteiger charge is 2.71. The molecule has 11 rings (SSSR count). The molecule has 0 spiro atoms. The summed E-state index contributed by atoms with van der Waals surface area (Å²) >= 11 is 0. The van der Waals surface area contributed by atoms with E-state index in [0.29, 0.717) is 49.0 Å². The summed E-state index contributed by atoms with van der Waals surface area (Å²) in [5.41, 5.74) is 2.20. The van der Waals surface area contributed by atoms with Crippen molar-refractivity contribution in [3.8, 4) is 0 Å². The van der Waals surface area contributed by atoms with Gasteiger partial charge < -0.3 is 52.4 Å². The summed E-state index contributed by atoms with van der Waals surface area (Å²) in [4.78, 5) is 32.2. The first-order valence-corrected chi connectivity index (χ1v) is 24.7. The number of carbonyl (C=O) groups excluding carboxylic acids is 2. The van der Waals surface area contributed by atoms with Crippen LogP contribution >= 0.6 is 0 Å². The number of fused-ring (bicyclic) bond motifs is 13. The quantitative estimate of drug-likeness (QED) is 0.170. The molecule has 6 saturated heterocycles. The van der Waals surface area contributed by atoms with Gasteiger partial charge in [-0.05, 0) is 117 Å². The second-order valence-electron chi connectivity index (χ2n) is 23.9. The van der Waals surface area contributed by atoms with E-state index >= 15 is 0 Å². The van der Waals surface area contributed by atoms with Crippen LogP contribution < -0.4 is 34.0 Å². The number of hydrogen-bond acceptors (Lipinski definition) is 6. The van der Waals surface area contributed by atoms with Gasteiger partial charge in [0.15, 0.2) is 0 Å². The zero-order valence-corrected chi connectivity index (χ0v) is 42.0. The Hall–Kier alpha value is -0.520. The van der Waals surface area contributed by atoms with Crippen LogP contribution in [-0.2, 0) is 19.1 Å². The number of carbonyl (C=O) groups is 2. The van der Waals surface area contributed by atoms with E-state index < -0.39 is 0 Å². The summed E-state index contributed by atoms with van der Waals surface area (Å²) in [7, 11) is 0. The zero-order valence-electron chi connectivity index (χ0n) is 38.9. The number of allylic oxidation sites excluding steroid dienone is 1. The lowest BCUT2D eigenvalue weighted by molar-refractivity contribution is -0.941. The van der Waals surface area contributed by atoms with Gasteiger partial charge in [0.05, 0.1) is 71.8 Å². The smallest absolute Gasteiger partial charge is 0.306 e. The minimum absolute atomic E-state index is 0. The molecule has 4 unspecified atom stereocenters. The molecular formula is C50H84Br2N4O4. The number of piperazine rings is 6. The number of hydrogen-bond donors (Lipinski definition) is 0. The molecule has 0 N–H and O–H groups in total. The van der Waals surface area contributed by atoms with Gasteiger partial charge in [0.2, 0.25) is 0 Å². The maximum absolute atomic E-state index is 13.5. The summed E-state index contributed by atoms with van der Waals surface area (Å²) in [6.45, 7) is 37.8. The van der Waals surface area contributed by atoms with Crippen molar-refractivity contribution in [2.24, 2.45) is 56.7 Å². The third-order valence-corrected chi connectivity index (χ3v) is 21.3. The van der Waals surface area contributed by atoms with Crippen molar-refractivity contribution in [3.63, 3.8) is 0 Å². The molecule has 11 aliphatic rings. The van der Waals surface area contributed by atoms with Crippen LogP contribution in [0.3, 0.4) is 0 Å². The third kappa shape index (κ3) is 7.89. The molecule has 0 amide bonds. The molecule has 11 fully saturated rings. The van der Waals surface area contributed by atoms with Crippen LogP contribution in [-0.4, -0.2) is 135 Å². The van der Waals surface area contributed by atoms with Crippen LogP contribution in [0.4, 0.5) is 0 Å².